The highest BCUT2D eigenvalue weighted by Crippen LogP contribution is 2.31. The van der Waals surface area contributed by atoms with Gasteiger partial charge in [0.25, 0.3) is 5.91 Å². The molecule has 2 aliphatic rings. The van der Waals surface area contributed by atoms with Crippen LogP contribution in [0.3, 0.4) is 0 Å². The highest BCUT2D eigenvalue weighted by molar-refractivity contribution is 5.93. The number of piperidine rings is 1. The predicted octanol–water partition coefficient (Wildman–Crippen LogP) is 2.38. The molecule has 0 atom stereocenters. The van der Waals surface area contributed by atoms with Gasteiger partial charge in [-0.3, -0.25) is 4.79 Å². The summed E-state index contributed by atoms with van der Waals surface area (Å²) in [6.45, 7) is 5.21. The van der Waals surface area contributed by atoms with Crippen LogP contribution in [0.15, 0.2) is 36.7 Å². The third-order valence-electron chi connectivity index (χ3n) is 5.10. The zero-order valence-electron chi connectivity index (χ0n) is 15.5. The molecule has 2 aromatic rings. The Kier molecular flexibility index (Phi) is 5.05. The Labute approximate surface area is 158 Å². The first-order valence-electron chi connectivity index (χ1n) is 9.32. The maximum absolute atomic E-state index is 12.7. The number of aryl methyl sites for hydroxylation is 1. The smallest absolute Gasteiger partial charge is 0.256 e. The van der Waals surface area contributed by atoms with E-state index in [1.54, 1.807) is 12.4 Å². The van der Waals surface area contributed by atoms with Crippen LogP contribution < -0.4 is 5.32 Å². The van der Waals surface area contributed by atoms with E-state index < -0.39 is 5.79 Å². The Morgan fingerprint density at radius 3 is 2.37 bits per heavy atom. The van der Waals surface area contributed by atoms with Gasteiger partial charge in [0.15, 0.2) is 5.79 Å². The van der Waals surface area contributed by atoms with Crippen LogP contribution in [-0.2, 0) is 16.0 Å². The van der Waals surface area contributed by atoms with Gasteiger partial charge in [-0.2, -0.15) is 0 Å². The number of anilines is 1. The molecule has 0 saturated carbocycles. The summed E-state index contributed by atoms with van der Waals surface area (Å²) >= 11 is 0. The lowest BCUT2D eigenvalue weighted by molar-refractivity contribution is -0.181. The number of aromatic nitrogens is 2. The predicted molar refractivity (Wildman–Crippen MR) is 100 cm³/mol. The Balaban J connectivity index is 1.31. The minimum atomic E-state index is -0.475. The van der Waals surface area contributed by atoms with Crippen LogP contribution in [0.5, 0.6) is 0 Å². The van der Waals surface area contributed by atoms with Crippen LogP contribution in [0.1, 0.15) is 34.3 Å². The van der Waals surface area contributed by atoms with Gasteiger partial charge in [0.1, 0.15) is 0 Å². The minimum absolute atomic E-state index is 0.0482. The number of hydrogen-bond acceptors (Lipinski definition) is 6. The number of hydrogen-bond donors (Lipinski definition) is 1. The number of carbonyl (C=O) groups excluding carboxylic acids is 1. The van der Waals surface area contributed by atoms with E-state index in [-0.39, 0.29) is 5.91 Å². The van der Waals surface area contributed by atoms with Gasteiger partial charge < -0.3 is 19.7 Å². The minimum Gasteiger partial charge on any atom is -0.350 e. The normalized spacial score (nSPS) is 18.6. The first kappa shape index (κ1) is 17.9. The van der Waals surface area contributed by atoms with Gasteiger partial charge in [-0.25, -0.2) is 9.97 Å². The van der Waals surface area contributed by atoms with Gasteiger partial charge in [-0.15, -0.1) is 0 Å². The Hall–Kier alpha value is -2.51. The topological polar surface area (TPSA) is 76.6 Å². The van der Waals surface area contributed by atoms with E-state index in [0.29, 0.717) is 57.2 Å². The first-order chi connectivity index (χ1) is 13.1. The van der Waals surface area contributed by atoms with Crippen molar-refractivity contribution in [1.82, 2.24) is 14.9 Å². The standard InChI is InChI=1S/C20H24N4O3/c1-15-2-4-16(5-3-15)12-21-19-22-13-17(14-23-19)18(25)24-8-6-20(7-9-24)26-10-11-27-20/h2-5,13-14H,6-12H2,1H3,(H,21,22,23). The SMILES string of the molecule is Cc1ccc(CNc2ncc(C(=O)N3CCC4(CC3)OCCO4)cn2)cc1. The summed E-state index contributed by atoms with van der Waals surface area (Å²) < 4.78 is 11.4. The fraction of sp³-hybridized carbons (Fsp3) is 0.450. The van der Waals surface area contributed by atoms with E-state index in [1.807, 2.05) is 4.90 Å². The molecule has 0 unspecified atom stereocenters. The molecule has 4 rings (SSSR count). The molecule has 27 heavy (non-hydrogen) atoms. The van der Waals surface area contributed by atoms with Crippen LogP contribution in [0, 0.1) is 6.92 Å². The molecule has 3 heterocycles. The lowest BCUT2D eigenvalue weighted by Crippen LogP contribution is -2.47. The zero-order chi connectivity index (χ0) is 18.7. The van der Waals surface area contributed by atoms with Crippen LogP contribution >= 0.6 is 0 Å². The van der Waals surface area contributed by atoms with Crippen molar-refractivity contribution in [3.63, 3.8) is 0 Å². The Morgan fingerprint density at radius 1 is 1.11 bits per heavy atom. The molecule has 1 N–H and O–H groups in total. The number of nitrogens with zero attached hydrogens (tertiary/aromatic N) is 3. The number of likely N-dealkylation sites (tertiary alicyclic amines) is 1. The van der Waals surface area contributed by atoms with Gasteiger partial charge in [-0.05, 0) is 12.5 Å². The van der Waals surface area contributed by atoms with Crippen molar-refractivity contribution in [3.8, 4) is 0 Å². The molecule has 0 bridgehead atoms. The number of benzene rings is 1. The molecular formula is C20H24N4O3. The average Bonchev–Trinajstić information content (AvgIpc) is 3.16. The fourth-order valence-corrected chi connectivity index (χ4v) is 3.44. The maximum Gasteiger partial charge on any atom is 0.256 e. The first-order valence-corrected chi connectivity index (χ1v) is 9.32. The highest BCUT2D eigenvalue weighted by Gasteiger charge is 2.40. The zero-order valence-corrected chi connectivity index (χ0v) is 15.5. The van der Waals surface area contributed by atoms with E-state index >= 15 is 0 Å². The maximum atomic E-state index is 12.7. The average molecular weight is 368 g/mol. The van der Waals surface area contributed by atoms with Crippen molar-refractivity contribution < 1.29 is 14.3 Å². The van der Waals surface area contributed by atoms with Crippen molar-refractivity contribution in [2.75, 3.05) is 31.6 Å². The molecule has 142 valence electrons. The van der Waals surface area contributed by atoms with E-state index in [2.05, 4.69) is 46.5 Å². The summed E-state index contributed by atoms with van der Waals surface area (Å²) in [5.74, 6) is -0.0118. The quantitative estimate of drug-likeness (QED) is 0.893. The van der Waals surface area contributed by atoms with Crippen molar-refractivity contribution in [2.45, 2.75) is 32.1 Å². The van der Waals surface area contributed by atoms with Crippen molar-refractivity contribution in [1.29, 1.82) is 0 Å². The number of rotatable bonds is 4. The second-order valence-corrected chi connectivity index (χ2v) is 7.03. The van der Waals surface area contributed by atoms with Gasteiger partial charge in [-0.1, -0.05) is 29.8 Å². The molecule has 0 aliphatic carbocycles. The largest absolute Gasteiger partial charge is 0.350 e. The summed E-state index contributed by atoms with van der Waals surface area (Å²) in [4.78, 5) is 23.0. The molecule has 7 heteroatoms. The third kappa shape index (κ3) is 4.09. The van der Waals surface area contributed by atoms with Crippen LogP contribution in [0.25, 0.3) is 0 Å². The number of amides is 1. The highest BCUT2D eigenvalue weighted by atomic mass is 16.7. The Bertz CT molecular complexity index is 776. The van der Waals surface area contributed by atoms with Gasteiger partial charge >= 0.3 is 0 Å². The molecule has 1 aromatic heterocycles. The van der Waals surface area contributed by atoms with E-state index in [9.17, 15) is 4.79 Å². The fourth-order valence-electron chi connectivity index (χ4n) is 3.44. The summed E-state index contributed by atoms with van der Waals surface area (Å²) in [5, 5.41) is 3.18. The number of ether oxygens (including phenoxy) is 2. The van der Waals surface area contributed by atoms with Crippen LogP contribution in [0.2, 0.25) is 0 Å². The molecule has 1 aromatic carbocycles. The molecule has 2 aliphatic heterocycles. The van der Waals surface area contributed by atoms with Crippen molar-refractivity contribution >= 4 is 11.9 Å². The van der Waals surface area contributed by atoms with Crippen molar-refractivity contribution in [3.05, 3.63) is 53.3 Å². The molecule has 2 fully saturated rings. The lowest BCUT2D eigenvalue weighted by atomic mass is 10.0. The summed E-state index contributed by atoms with van der Waals surface area (Å²) in [7, 11) is 0. The van der Waals surface area contributed by atoms with Crippen LogP contribution in [-0.4, -0.2) is 52.9 Å². The van der Waals surface area contributed by atoms with Gasteiger partial charge in [0, 0.05) is 44.9 Å². The van der Waals surface area contributed by atoms with E-state index in [1.165, 1.54) is 5.56 Å². The lowest BCUT2D eigenvalue weighted by Gasteiger charge is -2.37. The number of carbonyl (C=O) groups is 1. The summed E-state index contributed by atoms with van der Waals surface area (Å²) in [6.07, 6.45) is 4.57. The van der Waals surface area contributed by atoms with E-state index in [0.717, 1.165) is 5.56 Å². The second kappa shape index (κ2) is 7.62. The summed E-state index contributed by atoms with van der Waals surface area (Å²) in [6, 6.07) is 8.29. The molecular weight excluding hydrogens is 344 g/mol. The van der Waals surface area contributed by atoms with E-state index in [4.69, 9.17) is 9.47 Å². The summed E-state index contributed by atoms with van der Waals surface area (Å²) in [5.41, 5.74) is 2.88. The molecule has 2 saturated heterocycles. The van der Waals surface area contributed by atoms with Gasteiger partial charge in [0.2, 0.25) is 5.95 Å². The number of nitrogens with one attached hydrogen (secondary N) is 1. The molecule has 1 amide bonds. The van der Waals surface area contributed by atoms with Crippen molar-refractivity contribution in [2.24, 2.45) is 0 Å². The molecule has 7 nitrogen and oxygen atoms in total. The monoisotopic (exact) mass is 368 g/mol. The second-order valence-electron chi connectivity index (χ2n) is 7.03. The molecule has 1 spiro atoms. The van der Waals surface area contributed by atoms with Crippen LogP contribution in [0.4, 0.5) is 5.95 Å². The molecule has 0 radical (unpaired) electrons. The van der Waals surface area contributed by atoms with Gasteiger partial charge in [0.05, 0.1) is 18.8 Å². The third-order valence-corrected chi connectivity index (χ3v) is 5.10. The Morgan fingerprint density at radius 2 is 1.74 bits per heavy atom.